The van der Waals surface area contributed by atoms with Crippen LogP contribution in [0.1, 0.15) is 38.2 Å². The standard InChI is InChI=1S/C14H19ClN2S/c1-9(10-4-2-3-5-10)17-13-7-6-11(15)8-12(13)14(16)18/h6-10,17H,2-5H2,1H3,(H2,16,18). The van der Waals surface area contributed by atoms with Crippen LogP contribution in [0.15, 0.2) is 18.2 Å². The van der Waals surface area contributed by atoms with Crippen LogP contribution in [0.4, 0.5) is 5.69 Å². The highest BCUT2D eigenvalue weighted by Gasteiger charge is 2.22. The SMILES string of the molecule is CC(Nc1ccc(Cl)cc1C(N)=S)C1CCCC1. The predicted octanol–water partition coefficient (Wildman–Crippen LogP) is 3.96. The fraction of sp³-hybridized carbons (Fsp3) is 0.500. The highest BCUT2D eigenvalue weighted by atomic mass is 35.5. The summed E-state index contributed by atoms with van der Waals surface area (Å²) in [4.78, 5) is 0.388. The zero-order valence-electron chi connectivity index (χ0n) is 10.6. The first kappa shape index (κ1) is 13.6. The molecule has 0 bridgehead atoms. The zero-order chi connectivity index (χ0) is 13.1. The molecular formula is C14H19ClN2S. The molecule has 0 amide bonds. The van der Waals surface area contributed by atoms with Crippen LogP contribution in [0.5, 0.6) is 0 Å². The van der Waals surface area contributed by atoms with Crippen molar-refractivity contribution < 1.29 is 0 Å². The van der Waals surface area contributed by atoms with Gasteiger partial charge in [0, 0.05) is 22.3 Å². The number of benzene rings is 1. The van der Waals surface area contributed by atoms with Crippen molar-refractivity contribution >= 4 is 34.5 Å². The summed E-state index contributed by atoms with van der Waals surface area (Å²) in [5.41, 5.74) is 7.57. The van der Waals surface area contributed by atoms with Crippen molar-refractivity contribution in [2.24, 2.45) is 11.7 Å². The Kier molecular flexibility index (Phi) is 4.46. The van der Waals surface area contributed by atoms with Crippen LogP contribution in [0.3, 0.4) is 0 Å². The molecule has 1 unspecified atom stereocenters. The van der Waals surface area contributed by atoms with E-state index in [0.717, 1.165) is 17.2 Å². The minimum atomic E-state index is 0.388. The smallest absolute Gasteiger partial charge is 0.106 e. The van der Waals surface area contributed by atoms with Gasteiger partial charge in [0.2, 0.25) is 0 Å². The summed E-state index contributed by atoms with van der Waals surface area (Å²) in [5.74, 6) is 0.750. The van der Waals surface area contributed by atoms with Crippen molar-refractivity contribution in [2.45, 2.75) is 38.6 Å². The van der Waals surface area contributed by atoms with Gasteiger partial charge in [-0.3, -0.25) is 0 Å². The average Bonchev–Trinajstić information content (AvgIpc) is 2.84. The van der Waals surface area contributed by atoms with Crippen LogP contribution in [0, 0.1) is 5.92 Å². The molecular weight excluding hydrogens is 264 g/mol. The first-order chi connectivity index (χ1) is 8.58. The van der Waals surface area contributed by atoms with Gasteiger partial charge in [0.1, 0.15) is 4.99 Å². The van der Waals surface area contributed by atoms with Crippen molar-refractivity contribution in [1.82, 2.24) is 0 Å². The van der Waals surface area contributed by atoms with Gasteiger partial charge < -0.3 is 11.1 Å². The average molecular weight is 283 g/mol. The molecule has 1 saturated carbocycles. The van der Waals surface area contributed by atoms with Crippen LogP contribution in [-0.4, -0.2) is 11.0 Å². The summed E-state index contributed by atoms with van der Waals surface area (Å²) in [6.07, 6.45) is 5.31. The van der Waals surface area contributed by atoms with Gasteiger partial charge in [-0.15, -0.1) is 0 Å². The minimum absolute atomic E-state index is 0.388. The first-order valence-electron chi connectivity index (χ1n) is 6.44. The molecule has 0 aliphatic heterocycles. The monoisotopic (exact) mass is 282 g/mol. The molecule has 1 fully saturated rings. The molecule has 0 saturated heterocycles. The van der Waals surface area contributed by atoms with Gasteiger partial charge >= 0.3 is 0 Å². The van der Waals surface area contributed by atoms with E-state index in [0.29, 0.717) is 16.1 Å². The van der Waals surface area contributed by atoms with Crippen molar-refractivity contribution in [3.63, 3.8) is 0 Å². The highest BCUT2D eigenvalue weighted by molar-refractivity contribution is 7.80. The second-order valence-electron chi connectivity index (χ2n) is 5.03. The maximum absolute atomic E-state index is 5.98. The molecule has 0 spiro atoms. The van der Waals surface area contributed by atoms with Crippen molar-refractivity contribution in [3.05, 3.63) is 28.8 Å². The Bertz CT molecular complexity index is 441. The number of nitrogens with two attached hydrogens (primary N) is 1. The lowest BCUT2D eigenvalue weighted by Gasteiger charge is -2.23. The highest BCUT2D eigenvalue weighted by Crippen LogP contribution is 2.30. The molecule has 4 heteroatoms. The summed E-state index contributed by atoms with van der Waals surface area (Å²) in [6.45, 7) is 2.23. The van der Waals surface area contributed by atoms with E-state index in [1.807, 2.05) is 18.2 Å². The molecule has 0 radical (unpaired) electrons. The minimum Gasteiger partial charge on any atom is -0.389 e. The van der Waals surface area contributed by atoms with Gasteiger partial charge in [0.25, 0.3) is 0 Å². The van der Waals surface area contributed by atoms with Crippen LogP contribution in [0.2, 0.25) is 5.02 Å². The Morgan fingerprint density at radius 1 is 1.44 bits per heavy atom. The number of thiocarbonyl (C=S) groups is 1. The molecule has 0 heterocycles. The number of hydrogen-bond donors (Lipinski definition) is 2. The van der Waals surface area contributed by atoms with Gasteiger partial charge in [-0.2, -0.15) is 0 Å². The number of halogens is 1. The van der Waals surface area contributed by atoms with Crippen LogP contribution < -0.4 is 11.1 Å². The Morgan fingerprint density at radius 3 is 2.72 bits per heavy atom. The molecule has 3 N–H and O–H groups in total. The Labute approximate surface area is 119 Å². The van der Waals surface area contributed by atoms with Gasteiger partial charge in [0.15, 0.2) is 0 Å². The lowest BCUT2D eigenvalue weighted by atomic mass is 9.99. The van der Waals surface area contributed by atoms with E-state index in [-0.39, 0.29) is 0 Å². The molecule has 1 atom stereocenters. The van der Waals surface area contributed by atoms with E-state index in [1.165, 1.54) is 25.7 Å². The van der Waals surface area contributed by atoms with E-state index in [1.54, 1.807) is 0 Å². The third-order valence-electron chi connectivity index (χ3n) is 3.74. The lowest BCUT2D eigenvalue weighted by Crippen LogP contribution is -2.25. The Hall–Kier alpha value is -0.800. The molecule has 98 valence electrons. The van der Waals surface area contributed by atoms with Crippen molar-refractivity contribution in [3.8, 4) is 0 Å². The van der Waals surface area contributed by atoms with Crippen LogP contribution in [0.25, 0.3) is 0 Å². The van der Waals surface area contributed by atoms with E-state index in [9.17, 15) is 0 Å². The van der Waals surface area contributed by atoms with Gasteiger partial charge in [-0.1, -0.05) is 36.7 Å². The number of hydrogen-bond acceptors (Lipinski definition) is 2. The van der Waals surface area contributed by atoms with Gasteiger partial charge in [0.05, 0.1) is 0 Å². The maximum Gasteiger partial charge on any atom is 0.106 e. The second-order valence-corrected chi connectivity index (χ2v) is 5.91. The van der Waals surface area contributed by atoms with Gasteiger partial charge in [-0.05, 0) is 43.9 Å². The predicted molar refractivity (Wildman–Crippen MR) is 82.4 cm³/mol. The van der Waals surface area contributed by atoms with Crippen LogP contribution in [-0.2, 0) is 0 Å². The van der Waals surface area contributed by atoms with E-state index < -0.39 is 0 Å². The number of rotatable bonds is 4. The summed E-state index contributed by atoms with van der Waals surface area (Å²) >= 11 is 11.1. The molecule has 1 aliphatic rings. The summed E-state index contributed by atoms with van der Waals surface area (Å²) < 4.78 is 0. The molecule has 18 heavy (non-hydrogen) atoms. The third-order valence-corrected chi connectivity index (χ3v) is 4.19. The molecule has 2 nitrogen and oxygen atoms in total. The summed E-state index contributed by atoms with van der Waals surface area (Å²) in [6, 6.07) is 6.10. The van der Waals surface area contributed by atoms with E-state index in [2.05, 4.69) is 12.2 Å². The van der Waals surface area contributed by atoms with E-state index in [4.69, 9.17) is 29.6 Å². The van der Waals surface area contributed by atoms with Gasteiger partial charge in [-0.25, -0.2) is 0 Å². The quantitative estimate of drug-likeness (QED) is 0.821. The Morgan fingerprint density at radius 2 is 2.11 bits per heavy atom. The number of anilines is 1. The van der Waals surface area contributed by atoms with Crippen molar-refractivity contribution in [2.75, 3.05) is 5.32 Å². The fourth-order valence-corrected chi connectivity index (χ4v) is 3.01. The second kappa shape index (κ2) is 5.89. The molecule has 1 aromatic carbocycles. The summed E-state index contributed by atoms with van der Waals surface area (Å²) in [7, 11) is 0. The topological polar surface area (TPSA) is 38.0 Å². The molecule has 2 rings (SSSR count). The molecule has 1 aromatic rings. The van der Waals surface area contributed by atoms with E-state index >= 15 is 0 Å². The summed E-state index contributed by atoms with van der Waals surface area (Å²) in [5, 5.41) is 4.20. The molecule has 0 aromatic heterocycles. The maximum atomic E-state index is 5.98. The lowest BCUT2D eigenvalue weighted by molar-refractivity contribution is 0.482. The first-order valence-corrected chi connectivity index (χ1v) is 7.22. The third kappa shape index (κ3) is 3.15. The normalized spacial score (nSPS) is 17.7. The van der Waals surface area contributed by atoms with Crippen LogP contribution >= 0.6 is 23.8 Å². The largest absolute Gasteiger partial charge is 0.389 e. The number of nitrogens with one attached hydrogen (secondary N) is 1. The fourth-order valence-electron chi connectivity index (χ4n) is 2.67. The van der Waals surface area contributed by atoms with Crippen molar-refractivity contribution in [1.29, 1.82) is 0 Å². The molecule has 1 aliphatic carbocycles. The zero-order valence-corrected chi connectivity index (χ0v) is 12.2. The Balaban J connectivity index is 2.15.